The Labute approximate surface area is 195 Å². The minimum atomic E-state index is -0.469. The number of amides is 1. The Bertz CT molecular complexity index is 1310. The highest BCUT2D eigenvalue weighted by atomic mass is 32.1. The molecule has 0 saturated carbocycles. The molecule has 3 aromatic carbocycles. The molecule has 0 bridgehead atoms. The Morgan fingerprint density at radius 1 is 0.970 bits per heavy atom. The number of ether oxygens (including phenoxy) is 1. The summed E-state index contributed by atoms with van der Waals surface area (Å²) >= 11 is 1.48. The molecule has 0 atom stereocenters. The lowest BCUT2D eigenvalue weighted by Crippen LogP contribution is -2.35. The van der Waals surface area contributed by atoms with Gasteiger partial charge in [0.15, 0.2) is 5.13 Å². The number of thiazole rings is 1. The van der Waals surface area contributed by atoms with Crippen LogP contribution < -0.4 is 9.64 Å². The van der Waals surface area contributed by atoms with E-state index in [1.54, 1.807) is 18.3 Å². The quantitative estimate of drug-likeness (QED) is 0.291. The molecule has 0 radical (unpaired) electrons. The normalized spacial score (nSPS) is 11.1. The van der Waals surface area contributed by atoms with Crippen LogP contribution in [0.5, 0.6) is 5.75 Å². The smallest absolute Gasteiger partial charge is 0.241 e. The highest BCUT2D eigenvalue weighted by Crippen LogP contribution is 2.35. The summed E-state index contributed by atoms with van der Waals surface area (Å²) in [6.45, 7) is 0.291. The van der Waals surface area contributed by atoms with Crippen LogP contribution >= 0.6 is 11.3 Å². The first-order valence-corrected chi connectivity index (χ1v) is 11.4. The molecular formula is C27H22N2O3S. The van der Waals surface area contributed by atoms with Crippen molar-refractivity contribution in [1.29, 1.82) is 0 Å². The lowest BCUT2D eigenvalue weighted by molar-refractivity contribution is -0.119. The molecule has 0 unspecified atom stereocenters. The van der Waals surface area contributed by atoms with Crippen molar-refractivity contribution < 1.29 is 13.9 Å². The fourth-order valence-electron chi connectivity index (χ4n) is 3.86. The van der Waals surface area contributed by atoms with Crippen molar-refractivity contribution in [2.45, 2.75) is 12.5 Å². The number of fused-ring (bicyclic) bond motifs is 1. The van der Waals surface area contributed by atoms with Crippen molar-refractivity contribution in [3.8, 4) is 5.75 Å². The minimum Gasteiger partial charge on any atom is -0.497 e. The molecule has 6 heteroatoms. The van der Waals surface area contributed by atoms with E-state index in [0.29, 0.717) is 17.4 Å². The predicted molar refractivity (Wildman–Crippen MR) is 131 cm³/mol. The number of aromatic nitrogens is 1. The number of nitrogens with zero attached hydrogens (tertiary/aromatic N) is 2. The topological polar surface area (TPSA) is 55.6 Å². The van der Waals surface area contributed by atoms with Crippen LogP contribution in [0.1, 0.15) is 22.8 Å². The van der Waals surface area contributed by atoms with Gasteiger partial charge in [0.1, 0.15) is 11.5 Å². The van der Waals surface area contributed by atoms with Gasteiger partial charge in [0, 0.05) is 6.07 Å². The van der Waals surface area contributed by atoms with Crippen LogP contribution in [0.4, 0.5) is 5.13 Å². The Morgan fingerprint density at radius 2 is 1.67 bits per heavy atom. The molecular weight excluding hydrogens is 432 g/mol. The zero-order valence-corrected chi connectivity index (χ0v) is 18.9. The van der Waals surface area contributed by atoms with E-state index in [-0.39, 0.29) is 5.91 Å². The fraction of sp³-hybridized carbons (Fsp3) is 0.111. The third kappa shape index (κ3) is 4.38. The molecule has 0 saturated heterocycles. The van der Waals surface area contributed by atoms with E-state index >= 15 is 0 Å². The lowest BCUT2D eigenvalue weighted by atomic mass is 9.90. The molecule has 2 aromatic heterocycles. The largest absolute Gasteiger partial charge is 0.497 e. The van der Waals surface area contributed by atoms with Crippen LogP contribution in [0, 0.1) is 0 Å². The van der Waals surface area contributed by atoms with Gasteiger partial charge in [-0.2, -0.15) is 0 Å². The van der Waals surface area contributed by atoms with Gasteiger partial charge in [-0.3, -0.25) is 9.69 Å². The molecule has 5 aromatic rings. The van der Waals surface area contributed by atoms with Crippen LogP contribution in [0.25, 0.3) is 10.2 Å². The van der Waals surface area contributed by atoms with Gasteiger partial charge in [-0.1, -0.05) is 72.0 Å². The maximum absolute atomic E-state index is 14.2. The van der Waals surface area contributed by atoms with E-state index in [1.165, 1.54) is 11.3 Å². The summed E-state index contributed by atoms with van der Waals surface area (Å²) in [6, 6.07) is 29.2. The van der Waals surface area contributed by atoms with Crippen molar-refractivity contribution in [2.24, 2.45) is 0 Å². The highest BCUT2D eigenvalue weighted by molar-refractivity contribution is 7.22. The number of hydrogen-bond donors (Lipinski definition) is 0. The zero-order valence-electron chi connectivity index (χ0n) is 18.0. The maximum atomic E-state index is 14.2. The van der Waals surface area contributed by atoms with Gasteiger partial charge in [-0.15, -0.1) is 0 Å². The van der Waals surface area contributed by atoms with Gasteiger partial charge < -0.3 is 9.15 Å². The molecule has 164 valence electrons. The van der Waals surface area contributed by atoms with Crippen LogP contribution in [0.15, 0.2) is 102 Å². The van der Waals surface area contributed by atoms with Crippen LogP contribution in [-0.4, -0.2) is 18.0 Å². The molecule has 1 amide bonds. The summed E-state index contributed by atoms with van der Waals surface area (Å²) in [5.41, 5.74) is 2.66. The molecule has 0 aliphatic rings. The summed E-state index contributed by atoms with van der Waals surface area (Å²) in [4.78, 5) is 20.7. The Kier molecular flexibility index (Phi) is 5.91. The first-order valence-electron chi connectivity index (χ1n) is 10.6. The van der Waals surface area contributed by atoms with Crippen molar-refractivity contribution in [3.05, 3.63) is 114 Å². The van der Waals surface area contributed by atoms with E-state index in [0.717, 1.165) is 27.1 Å². The van der Waals surface area contributed by atoms with Gasteiger partial charge in [-0.25, -0.2) is 4.98 Å². The molecule has 0 spiro atoms. The minimum absolute atomic E-state index is 0.0604. The number of carbonyl (C=O) groups is 1. The molecule has 0 N–H and O–H groups in total. The summed E-state index contributed by atoms with van der Waals surface area (Å²) in [5.74, 6) is 0.897. The third-order valence-corrected chi connectivity index (χ3v) is 6.55. The molecule has 0 fully saturated rings. The van der Waals surface area contributed by atoms with E-state index in [2.05, 4.69) is 0 Å². The predicted octanol–water partition coefficient (Wildman–Crippen LogP) is 6.26. The Hall–Kier alpha value is -3.90. The van der Waals surface area contributed by atoms with Crippen molar-refractivity contribution in [2.75, 3.05) is 12.0 Å². The monoisotopic (exact) mass is 454 g/mol. The highest BCUT2D eigenvalue weighted by Gasteiger charge is 2.31. The Morgan fingerprint density at radius 3 is 2.27 bits per heavy atom. The molecule has 5 nitrogen and oxygen atoms in total. The van der Waals surface area contributed by atoms with Crippen molar-refractivity contribution in [1.82, 2.24) is 4.98 Å². The van der Waals surface area contributed by atoms with Gasteiger partial charge in [0.25, 0.3) is 0 Å². The fourth-order valence-corrected chi connectivity index (χ4v) is 4.81. The van der Waals surface area contributed by atoms with Gasteiger partial charge in [0.05, 0.1) is 36.1 Å². The van der Waals surface area contributed by atoms with Crippen molar-refractivity contribution in [3.63, 3.8) is 0 Å². The van der Waals surface area contributed by atoms with Gasteiger partial charge >= 0.3 is 0 Å². The molecule has 0 aliphatic carbocycles. The lowest BCUT2D eigenvalue weighted by Gasteiger charge is -2.25. The summed E-state index contributed by atoms with van der Waals surface area (Å²) in [5, 5.41) is 0.622. The summed E-state index contributed by atoms with van der Waals surface area (Å²) in [6.07, 6.45) is 1.62. The van der Waals surface area contributed by atoms with E-state index < -0.39 is 5.92 Å². The van der Waals surface area contributed by atoms with Gasteiger partial charge in [-0.05, 0) is 35.4 Å². The zero-order chi connectivity index (χ0) is 22.6. The van der Waals surface area contributed by atoms with Gasteiger partial charge in [0.2, 0.25) is 5.91 Å². The number of anilines is 1. The number of hydrogen-bond acceptors (Lipinski definition) is 5. The second-order valence-electron chi connectivity index (χ2n) is 7.59. The average Bonchev–Trinajstić information content (AvgIpc) is 3.53. The van der Waals surface area contributed by atoms with Crippen LogP contribution in [0.2, 0.25) is 0 Å². The number of methoxy groups -OCH3 is 1. The van der Waals surface area contributed by atoms with E-state index in [1.807, 2.05) is 91.0 Å². The molecule has 2 heterocycles. The second-order valence-corrected chi connectivity index (χ2v) is 8.60. The average molecular weight is 455 g/mol. The standard InChI is InChI=1S/C27H22N2O3S/c1-31-21-14-15-24-23(17-21)28-27(33-24)29(18-22-13-8-16-32-22)26(30)25(19-9-4-2-5-10-19)20-11-6-3-7-12-20/h2-17,25H,18H2,1H3. The summed E-state index contributed by atoms with van der Waals surface area (Å²) in [7, 11) is 1.63. The first kappa shape index (κ1) is 21.0. The SMILES string of the molecule is COc1ccc2sc(N(Cc3ccco3)C(=O)C(c3ccccc3)c3ccccc3)nc2c1. The number of carbonyl (C=O) groups excluding carboxylic acids is 1. The van der Waals surface area contributed by atoms with Crippen LogP contribution in [0.3, 0.4) is 0 Å². The molecule has 33 heavy (non-hydrogen) atoms. The van der Waals surface area contributed by atoms with Crippen molar-refractivity contribution >= 4 is 32.6 Å². The molecule has 5 rings (SSSR count). The number of furan rings is 1. The summed E-state index contributed by atoms with van der Waals surface area (Å²) < 4.78 is 11.9. The number of benzene rings is 3. The van der Waals surface area contributed by atoms with E-state index in [4.69, 9.17) is 14.1 Å². The third-order valence-electron chi connectivity index (χ3n) is 5.49. The maximum Gasteiger partial charge on any atom is 0.241 e. The Balaban J connectivity index is 1.61. The first-order chi connectivity index (χ1) is 16.2. The molecule has 0 aliphatic heterocycles. The van der Waals surface area contributed by atoms with E-state index in [9.17, 15) is 4.79 Å². The second kappa shape index (κ2) is 9.30. The number of rotatable bonds is 7. The van der Waals surface area contributed by atoms with Crippen LogP contribution in [-0.2, 0) is 11.3 Å².